The van der Waals surface area contributed by atoms with Crippen LogP contribution in [0.15, 0.2) is 35.9 Å². The van der Waals surface area contributed by atoms with Gasteiger partial charge in [-0.25, -0.2) is 4.79 Å². The topological polar surface area (TPSA) is 44.8 Å². The second kappa shape index (κ2) is 12.8. The minimum atomic E-state index is -0.263. The zero-order chi connectivity index (χ0) is 30.1. The molecule has 4 aliphatic rings. The molecule has 232 valence electrons. The fraction of sp³-hybridized carbons (Fsp3) is 0.711. The molecule has 0 saturated heterocycles. The van der Waals surface area contributed by atoms with Crippen LogP contribution in [0.3, 0.4) is 0 Å². The van der Waals surface area contributed by atoms with Gasteiger partial charge in [-0.2, -0.15) is 0 Å². The van der Waals surface area contributed by atoms with Crippen molar-refractivity contribution in [2.45, 2.75) is 111 Å². The molecule has 3 fully saturated rings. The molecule has 8 atom stereocenters. The molecule has 4 nitrogen and oxygen atoms in total. The molecule has 0 unspecified atom stereocenters. The Morgan fingerprint density at radius 2 is 1.76 bits per heavy atom. The Kier molecular flexibility index (Phi) is 9.50. The molecular weight excluding hydrogens is 520 g/mol. The molecule has 0 aliphatic heterocycles. The van der Waals surface area contributed by atoms with E-state index in [1.807, 2.05) is 18.2 Å². The highest BCUT2D eigenvalue weighted by Crippen LogP contribution is 2.67. The van der Waals surface area contributed by atoms with Crippen molar-refractivity contribution in [3.63, 3.8) is 0 Å². The van der Waals surface area contributed by atoms with Crippen LogP contribution in [0.1, 0.15) is 111 Å². The number of rotatable bonds is 10. The molecule has 0 N–H and O–H groups in total. The maximum atomic E-state index is 12.8. The van der Waals surface area contributed by atoms with E-state index >= 15 is 0 Å². The lowest BCUT2D eigenvalue weighted by molar-refractivity contribution is -0.145. The Morgan fingerprint density at radius 1 is 0.976 bits per heavy atom. The van der Waals surface area contributed by atoms with Crippen LogP contribution in [0.5, 0.6) is 11.5 Å². The van der Waals surface area contributed by atoms with Crippen molar-refractivity contribution in [3.05, 3.63) is 41.5 Å². The Labute approximate surface area is 255 Å². The third kappa shape index (κ3) is 6.06. The van der Waals surface area contributed by atoms with Gasteiger partial charge in [0.2, 0.25) is 0 Å². The maximum Gasteiger partial charge on any atom is 0.331 e. The second-order valence-electron chi connectivity index (χ2n) is 15.0. The van der Waals surface area contributed by atoms with Gasteiger partial charge in [-0.1, -0.05) is 71.6 Å². The number of ether oxygens (including phenoxy) is 3. The zero-order valence-electron chi connectivity index (χ0n) is 27.4. The molecule has 1 aromatic carbocycles. The quantitative estimate of drug-likeness (QED) is 0.158. The fourth-order valence-electron chi connectivity index (χ4n) is 10.1. The highest BCUT2D eigenvalue weighted by atomic mass is 16.5. The molecule has 0 spiro atoms. The number of carbonyl (C=O) groups excluding carboxylic acids is 1. The van der Waals surface area contributed by atoms with Crippen LogP contribution in [0, 0.1) is 46.3 Å². The summed E-state index contributed by atoms with van der Waals surface area (Å²) < 4.78 is 16.7. The average molecular weight is 577 g/mol. The first-order chi connectivity index (χ1) is 20.1. The van der Waals surface area contributed by atoms with Crippen LogP contribution in [-0.4, -0.2) is 26.3 Å². The summed E-state index contributed by atoms with van der Waals surface area (Å²) in [6, 6.07) is 5.63. The summed E-state index contributed by atoms with van der Waals surface area (Å²) in [5.41, 5.74) is 3.23. The number of allylic oxidation sites excluding steroid dienone is 1. The van der Waals surface area contributed by atoms with Crippen molar-refractivity contribution < 1.29 is 19.0 Å². The van der Waals surface area contributed by atoms with Gasteiger partial charge < -0.3 is 14.2 Å². The Hall–Kier alpha value is -2.23. The lowest BCUT2D eigenvalue weighted by atomic mass is 9.47. The summed E-state index contributed by atoms with van der Waals surface area (Å²) in [5.74, 6) is 6.12. The minimum absolute atomic E-state index is 0.0279. The Bertz CT molecular complexity index is 1170. The zero-order valence-corrected chi connectivity index (χ0v) is 27.4. The van der Waals surface area contributed by atoms with Gasteiger partial charge in [0.05, 0.1) is 14.2 Å². The third-order valence-corrected chi connectivity index (χ3v) is 12.4. The smallest absolute Gasteiger partial charge is 0.331 e. The van der Waals surface area contributed by atoms with Gasteiger partial charge in [-0.3, -0.25) is 0 Å². The second-order valence-corrected chi connectivity index (χ2v) is 15.0. The maximum absolute atomic E-state index is 12.8. The molecule has 1 aromatic rings. The van der Waals surface area contributed by atoms with Crippen LogP contribution in [0.4, 0.5) is 0 Å². The van der Waals surface area contributed by atoms with E-state index in [1.165, 1.54) is 51.4 Å². The predicted octanol–water partition coefficient (Wildman–Crippen LogP) is 9.67. The number of hydrogen-bond acceptors (Lipinski definition) is 4. The Balaban J connectivity index is 1.20. The Morgan fingerprint density at radius 3 is 2.50 bits per heavy atom. The van der Waals surface area contributed by atoms with Crippen molar-refractivity contribution in [2.75, 3.05) is 14.2 Å². The van der Waals surface area contributed by atoms with Crippen molar-refractivity contribution in [1.82, 2.24) is 0 Å². The third-order valence-electron chi connectivity index (χ3n) is 12.4. The first-order valence-electron chi connectivity index (χ1n) is 16.9. The molecule has 5 rings (SSSR count). The van der Waals surface area contributed by atoms with Crippen LogP contribution in [0.2, 0.25) is 0 Å². The van der Waals surface area contributed by atoms with E-state index < -0.39 is 0 Å². The van der Waals surface area contributed by atoms with Gasteiger partial charge in [0.15, 0.2) is 11.5 Å². The van der Waals surface area contributed by atoms with Gasteiger partial charge >= 0.3 is 5.97 Å². The van der Waals surface area contributed by atoms with E-state index in [2.05, 4.69) is 40.7 Å². The van der Waals surface area contributed by atoms with E-state index in [9.17, 15) is 4.79 Å². The molecule has 0 bridgehead atoms. The van der Waals surface area contributed by atoms with Gasteiger partial charge in [-0.05, 0) is 115 Å². The minimum Gasteiger partial charge on any atom is -0.493 e. The van der Waals surface area contributed by atoms with Crippen LogP contribution < -0.4 is 9.47 Å². The van der Waals surface area contributed by atoms with Crippen LogP contribution in [-0.2, 0) is 9.53 Å². The molecule has 0 aromatic heterocycles. The molecule has 3 saturated carbocycles. The normalized spacial score (nSPS) is 34.8. The summed E-state index contributed by atoms with van der Waals surface area (Å²) in [6.07, 6.45) is 19.9. The number of carbonyl (C=O) groups is 1. The SMILES string of the molecule is COc1ccc(C=CC(=O)O[C@H]2CC[C@@]3(C)C(=CC[C@@H]4[C@H]5CC[C@@H]([C@H](C)CCCC(C)C)[C@@]5(C)CC[C@@H]43)C2)cc1OC. The van der Waals surface area contributed by atoms with E-state index in [-0.39, 0.29) is 17.5 Å². The standard InChI is InChI=1S/C38H56O4/c1-25(2)9-8-10-26(3)31-15-16-32-30-14-13-28-24-29(19-21-37(28,4)33(30)20-22-38(31,32)5)42-36(39)18-12-27-11-17-34(40-6)35(23-27)41-7/h11-13,17-18,23,25-26,29-33H,8-10,14-16,19-22,24H2,1-7H3/t26-,29+,30-,31+,32-,33+,37+,38-/m1/s1. The van der Waals surface area contributed by atoms with E-state index in [1.54, 1.807) is 31.9 Å². The molecule has 4 heteroatoms. The number of benzene rings is 1. The number of hydrogen-bond donors (Lipinski definition) is 0. The first-order valence-corrected chi connectivity index (χ1v) is 16.9. The highest BCUT2D eigenvalue weighted by molar-refractivity contribution is 5.87. The molecule has 42 heavy (non-hydrogen) atoms. The van der Waals surface area contributed by atoms with Crippen LogP contribution >= 0.6 is 0 Å². The summed E-state index contributed by atoms with van der Waals surface area (Å²) in [5, 5.41) is 0. The fourth-order valence-corrected chi connectivity index (χ4v) is 10.1. The molecule has 4 aliphatic carbocycles. The number of methoxy groups -OCH3 is 2. The number of esters is 1. The lowest BCUT2D eigenvalue weighted by Gasteiger charge is -2.58. The predicted molar refractivity (Wildman–Crippen MR) is 172 cm³/mol. The average Bonchev–Trinajstić information content (AvgIpc) is 3.33. The van der Waals surface area contributed by atoms with Crippen LogP contribution in [0.25, 0.3) is 6.08 Å². The summed E-state index contributed by atoms with van der Waals surface area (Å²) >= 11 is 0. The highest BCUT2D eigenvalue weighted by Gasteiger charge is 2.59. The number of fused-ring (bicyclic) bond motifs is 5. The van der Waals surface area contributed by atoms with Crippen molar-refractivity contribution in [1.29, 1.82) is 0 Å². The van der Waals surface area contributed by atoms with Gasteiger partial charge in [0.1, 0.15) is 6.10 Å². The monoisotopic (exact) mass is 576 g/mol. The van der Waals surface area contributed by atoms with Crippen molar-refractivity contribution in [3.8, 4) is 11.5 Å². The summed E-state index contributed by atoms with van der Waals surface area (Å²) in [7, 11) is 3.24. The van der Waals surface area contributed by atoms with E-state index in [0.29, 0.717) is 16.9 Å². The summed E-state index contributed by atoms with van der Waals surface area (Å²) in [4.78, 5) is 12.8. The molecular formula is C38H56O4. The van der Waals surface area contributed by atoms with Gasteiger partial charge in [0, 0.05) is 12.5 Å². The van der Waals surface area contributed by atoms with Gasteiger partial charge in [-0.15, -0.1) is 0 Å². The molecule has 0 heterocycles. The van der Waals surface area contributed by atoms with Gasteiger partial charge in [0.25, 0.3) is 0 Å². The van der Waals surface area contributed by atoms with Crippen molar-refractivity contribution >= 4 is 12.0 Å². The lowest BCUT2D eigenvalue weighted by Crippen LogP contribution is -2.51. The molecule has 0 amide bonds. The summed E-state index contributed by atoms with van der Waals surface area (Å²) in [6.45, 7) is 12.5. The van der Waals surface area contributed by atoms with E-state index in [0.717, 1.165) is 60.3 Å². The van der Waals surface area contributed by atoms with E-state index in [4.69, 9.17) is 14.2 Å². The first kappa shape index (κ1) is 31.2. The van der Waals surface area contributed by atoms with Crippen molar-refractivity contribution in [2.24, 2.45) is 46.3 Å². The molecule has 0 radical (unpaired) electrons. The largest absolute Gasteiger partial charge is 0.493 e.